The Morgan fingerprint density at radius 1 is 1.37 bits per heavy atom. The number of benzene rings is 1. The number of nitrogens with two attached hydrogens (primary N) is 1. The van der Waals surface area contributed by atoms with Crippen molar-refractivity contribution in [2.45, 2.75) is 6.54 Å². The number of rotatable bonds is 2. The van der Waals surface area contributed by atoms with Crippen molar-refractivity contribution in [2.75, 3.05) is 5.73 Å². The van der Waals surface area contributed by atoms with E-state index in [0.717, 1.165) is 5.56 Å². The third kappa shape index (κ3) is 2.06. The molecule has 0 unspecified atom stereocenters. The maximum atomic E-state index is 12.1. The van der Waals surface area contributed by atoms with Crippen LogP contribution in [0.15, 0.2) is 41.6 Å². The molecule has 96 valence electrons. The van der Waals surface area contributed by atoms with Crippen molar-refractivity contribution < 1.29 is 0 Å². The minimum Gasteiger partial charge on any atom is -0.398 e. The van der Waals surface area contributed by atoms with E-state index in [1.165, 1.54) is 21.5 Å². The summed E-state index contributed by atoms with van der Waals surface area (Å²) in [4.78, 5) is 16.0. The zero-order chi connectivity index (χ0) is 13.4. The quantitative estimate of drug-likeness (QED) is 0.712. The van der Waals surface area contributed by atoms with Crippen LogP contribution in [-0.4, -0.2) is 19.2 Å². The smallest absolute Gasteiger partial charge is 0.350 e. The second kappa shape index (κ2) is 4.40. The largest absolute Gasteiger partial charge is 0.398 e. The monoisotopic (exact) mass is 275 g/mol. The molecular formula is C12H10ClN5O. The van der Waals surface area contributed by atoms with Gasteiger partial charge in [-0.1, -0.05) is 11.6 Å². The Morgan fingerprint density at radius 2 is 2.21 bits per heavy atom. The van der Waals surface area contributed by atoms with Gasteiger partial charge in [0.05, 0.1) is 12.7 Å². The molecule has 0 fully saturated rings. The van der Waals surface area contributed by atoms with Gasteiger partial charge in [-0.3, -0.25) is 4.98 Å². The Bertz CT molecular complexity index is 807. The fourth-order valence-corrected chi connectivity index (χ4v) is 2.05. The summed E-state index contributed by atoms with van der Waals surface area (Å²) in [6, 6.07) is 5.14. The lowest BCUT2D eigenvalue weighted by atomic mass is 10.2. The summed E-state index contributed by atoms with van der Waals surface area (Å²) >= 11 is 5.92. The summed E-state index contributed by atoms with van der Waals surface area (Å²) in [7, 11) is 0. The SMILES string of the molecule is Nc1ccc(Cl)cc1Cn1nc2cnccn2c1=O. The highest BCUT2D eigenvalue weighted by atomic mass is 35.5. The maximum absolute atomic E-state index is 12.1. The molecule has 1 aromatic carbocycles. The highest BCUT2D eigenvalue weighted by Gasteiger charge is 2.08. The molecule has 0 bridgehead atoms. The van der Waals surface area contributed by atoms with Crippen LogP contribution < -0.4 is 11.4 Å². The molecule has 0 radical (unpaired) electrons. The fraction of sp³-hybridized carbons (Fsp3) is 0.0833. The summed E-state index contributed by atoms with van der Waals surface area (Å²) in [5.41, 5.74) is 7.45. The third-order valence-electron chi connectivity index (χ3n) is 2.81. The van der Waals surface area contributed by atoms with E-state index in [2.05, 4.69) is 10.1 Å². The normalized spacial score (nSPS) is 11.0. The second-order valence-electron chi connectivity index (χ2n) is 4.09. The first-order valence-electron chi connectivity index (χ1n) is 5.58. The molecule has 19 heavy (non-hydrogen) atoms. The van der Waals surface area contributed by atoms with Crippen molar-refractivity contribution in [3.05, 3.63) is 57.9 Å². The molecule has 3 rings (SSSR count). The van der Waals surface area contributed by atoms with Crippen LogP contribution in [0.4, 0.5) is 5.69 Å². The number of hydrogen-bond donors (Lipinski definition) is 1. The number of fused-ring (bicyclic) bond motifs is 1. The molecule has 2 heterocycles. The highest BCUT2D eigenvalue weighted by Crippen LogP contribution is 2.18. The Kier molecular flexibility index (Phi) is 2.72. The number of aromatic nitrogens is 4. The van der Waals surface area contributed by atoms with E-state index in [1.807, 2.05) is 0 Å². The molecular weight excluding hydrogens is 266 g/mol. The minimum absolute atomic E-state index is 0.239. The van der Waals surface area contributed by atoms with Gasteiger partial charge in [0.1, 0.15) is 0 Å². The van der Waals surface area contributed by atoms with Crippen molar-refractivity contribution in [1.82, 2.24) is 19.2 Å². The molecule has 0 saturated carbocycles. The summed E-state index contributed by atoms with van der Waals surface area (Å²) in [6.45, 7) is 0.271. The third-order valence-corrected chi connectivity index (χ3v) is 3.05. The van der Waals surface area contributed by atoms with Crippen molar-refractivity contribution in [1.29, 1.82) is 0 Å². The van der Waals surface area contributed by atoms with E-state index in [4.69, 9.17) is 17.3 Å². The van der Waals surface area contributed by atoms with E-state index < -0.39 is 0 Å². The van der Waals surface area contributed by atoms with Crippen molar-refractivity contribution in [3.63, 3.8) is 0 Å². The lowest BCUT2D eigenvalue weighted by molar-refractivity contribution is 0.660. The first-order valence-corrected chi connectivity index (χ1v) is 5.96. The predicted octanol–water partition coefficient (Wildman–Crippen LogP) is 1.17. The van der Waals surface area contributed by atoms with Crippen molar-refractivity contribution in [3.8, 4) is 0 Å². The summed E-state index contributed by atoms with van der Waals surface area (Å²) in [6.07, 6.45) is 4.63. The van der Waals surface area contributed by atoms with E-state index in [0.29, 0.717) is 16.4 Å². The van der Waals surface area contributed by atoms with Gasteiger partial charge in [-0.25, -0.2) is 13.9 Å². The van der Waals surface area contributed by atoms with Gasteiger partial charge in [0.15, 0.2) is 5.65 Å². The minimum atomic E-state index is -0.239. The first-order chi connectivity index (χ1) is 9.15. The van der Waals surface area contributed by atoms with Crippen LogP contribution in [0.5, 0.6) is 0 Å². The molecule has 6 nitrogen and oxygen atoms in total. The molecule has 3 aromatic rings. The second-order valence-corrected chi connectivity index (χ2v) is 4.52. The van der Waals surface area contributed by atoms with Gasteiger partial charge in [0.25, 0.3) is 0 Å². The Labute approximate surface area is 113 Å². The average Bonchev–Trinajstić information content (AvgIpc) is 2.72. The highest BCUT2D eigenvalue weighted by molar-refractivity contribution is 6.30. The number of halogens is 1. The van der Waals surface area contributed by atoms with Crippen molar-refractivity contribution in [2.24, 2.45) is 0 Å². The van der Waals surface area contributed by atoms with Gasteiger partial charge in [-0.2, -0.15) is 0 Å². The van der Waals surface area contributed by atoms with E-state index in [9.17, 15) is 4.79 Å². The van der Waals surface area contributed by atoms with Gasteiger partial charge >= 0.3 is 5.69 Å². The van der Waals surface area contributed by atoms with Crippen LogP contribution in [0.2, 0.25) is 5.02 Å². The van der Waals surface area contributed by atoms with E-state index in [1.54, 1.807) is 24.4 Å². The van der Waals surface area contributed by atoms with Gasteiger partial charge < -0.3 is 5.73 Å². The number of hydrogen-bond acceptors (Lipinski definition) is 4. The number of anilines is 1. The van der Waals surface area contributed by atoms with Crippen LogP contribution in [0.1, 0.15) is 5.56 Å². The molecule has 2 N–H and O–H groups in total. The first kappa shape index (κ1) is 11.7. The molecule has 0 amide bonds. The van der Waals surface area contributed by atoms with Gasteiger partial charge in [0.2, 0.25) is 0 Å². The molecule has 0 aliphatic heterocycles. The van der Waals surface area contributed by atoms with Crippen molar-refractivity contribution >= 4 is 22.9 Å². The van der Waals surface area contributed by atoms with Gasteiger partial charge in [-0.15, -0.1) is 5.10 Å². The van der Waals surface area contributed by atoms with E-state index >= 15 is 0 Å². The fourth-order valence-electron chi connectivity index (χ4n) is 1.86. The lowest BCUT2D eigenvalue weighted by Crippen LogP contribution is -2.22. The Morgan fingerprint density at radius 3 is 3.00 bits per heavy atom. The predicted molar refractivity (Wildman–Crippen MR) is 72.2 cm³/mol. The zero-order valence-electron chi connectivity index (χ0n) is 9.82. The van der Waals surface area contributed by atoms with Crippen LogP contribution in [0.25, 0.3) is 5.65 Å². The summed E-state index contributed by atoms with van der Waals surface area (Å²) in [5.74, 6) is 0. The Hall–Kier alpha value is -2.34. The molecule has 2 aromatic heterocycles. The lowest BCUT2D eigenvalue weighted by Gasteiger charge is -2.05. The number of nitrogens with zero attached hydrogens (tertiary/aromatic N) is 4. The standard InChI is InChI=1S/C12H10ClN5O/c13-9-1-2-10(14)8(5-9)7-18-12(19)17-4-3-15-6-11(17)16-18/h1-6H,7,14H2. The molecule has 0 spiro atoms. The maximum Gasteiger partial charge on any atom is 0.350 e. The average molecular weight is 276 g/mol. The van der Waals surface area contributed by atoms with Crippen LogP contribution >= 0.6 is 11.6 Å². The molecule has 0 saturated heterocycles. The van der Waals surface area contributed by atoms with Crippen LogP contribution in [-0.2, 0) is 6.54 Å². The molecule has 0 aliphatic rings. The van der Waals surface area contributed by atoms with Gasteiger partial charge in [0, 0.05) is 23.1 Å². The molecule has 7 heteroatoms. The summed E-state index contributed by atoms with van der Waals surface area (Å²) in [5, 5.41) is 4.76. The molecule has 0 atom stereocenters. The topological polar surface area (TPSA) is 78.2 Å². The Balaban J connectivity index is 2.08. The van der Waals surface area contributed by atoms with E-state index in [-0.39, 0.29) is 12.2 Å². The summed E-state index contributed by atoms with van der Waals surface area (Å²) < 4.78 is 2.76. The number of nitrogen functional groups attached to an aromatic ring is 1. The molecule has 0 aliphatic carbocycles. The van der Waals surface area contributed by atoms with Crippen LogP contribution in [0, 0.1) is 0 Å². The van der Waals surface area contributed by atoms with Gasteiger partial charge in [-0.05, 0) is 23.8 Å². The zero-order valence-corrected chi connectivity index (χ0v) is 10.6. The van der Waals surface area contributed by atoms with Crippen LogP contribution in [0.3, 0.4) is 0 Å².